The molecule has 1 amide bonds. The molecule has 1 saturated heterocycles. The first kappa shape index (κ1) is 14.5. The van der Waals surface area contributed by atoms with Gasteiger partial charge in [-0.05, 0) is 24.7 Å². The molecule has 1 aliphatic heterocycles. The third kappa shape index (κ3) is 6.64. The van der Waals surface area contributed by atoms with Crippen LogP contribution < -0.4 is 11.1 Å². The third-order valence-electron chi connectivity index (χ3n) is 3.20. The lowest BCUT2D eigenvalue weighted by Crippen LogP contribution is -2.44. The van der Waals surface area contributed by atoms with Crippen molar-refractivity contribution in [1.29, 1.82) is 0 Å². The maximum absolute atomic E-state index is 11.7. The maximum Gasteiger partial charge on any atom is 0.234 e. The van der Waals surface area contributed by atoms with Crippen molar-refractivity contribution in [1.82, 2.24) is 10.2 Å². The van der Waals surface area contributed by atoms with Crippen molar-refractivity contribution in [3.05, 3.63) is 0 Å². The number of hydrogen-bond acceptors (Lipinski definition) is 3. The van der Waals surface area contributed by atoms with Crippen molar-refractivity contribution in [2.75, 3.05) is 26.2 Å². The molecule has 100 valence electrons. The Labute approximate surface area is 105 Å². The average molecular weight is 241 g/mol. The fourth-order valence-corrected chi connectivity index (χ4v) is 1.95. The van der Waals surface area contributed by atoms with Gasteiger partial charge in [-0.25, -0.2) is 0 Å². The summed E-state index contributed by atoms with van der Waals surface area (Å²) in [5, 5.41) is 2.99. The average Bonchev–Trinajstić information content (AvgIpc) is 2.19. The summed E-state index contributed by atoms with van der Waals surface area (Å²) in [5.41, 5.74) is 6.11. The molecule has 3 N–H and O–H groups in total. The van der Waals surface area contributed by atoms with E-state index in [0.29, 0.717) is 12.6 Å². The van der Waals surface area contributed by atoms with E-state index in [0.717, 1.165) is 38.9 Å². The van der Waals surface area contributed by atoms with Gasteiger partial charge >= 0.3 is 0 Å². The largest absolute Gasteiger partial charge is 0.355 e. The molecule has 0 saturated carbocycles. The number of nitrogens with one attached hydrogen (secondary N) is 1. The Morgan fingerprint density at radius 1 is 1.35 bits per heavy atom. The second-order valence-electron chi connectivity index (χ2n) is 6.27. The summed E-state index contributed by atoms with van der Waals surface area (Å²) in [6.45, 7) is 9.76. The summed E-state index contributed by atoms with van der Waals surface area (Å²) in [6, 6.07) is 0.329. The summed E-state index contributed by atoms with van der Waals surface area (Å²) in [7, 11) is 0. The van der Waals surface area contributed by atoms with E-state index in [9.17, 15) is 4.79 Å². The van der Waals surface area contributed by atoms with Crippen LogP contribution in [0, 0.1) is 5.41 Å². The van der Waals surface area contributed by atoms with Crippen molar-refractivity contribution in [2.45, 2.75) is 46.1 Å². The molecule has 17 heavy (non-hydrogen) atoms. The highest BCUT2D eigenvalue weighted by Crippen LogP contribution is 2.16. The molecular formula is C13H27N3O. The Bertz CT molecular complexity index is 240. The Morgan fingerprint density at radius 3 is 2.47 bits per heavy atom. The normalized spacial score (nSPS) is 19.3. The molecule has 0 aromatic heterocycles. The van der Waals surface area contributed by atoms with Crippen LogP contribution in [0.15, 0.2) is 0 Å². The van der Waals surface area contributed by atoms with Crippen molar-refractivity contribution in [3.8, 4) is 0 Å². The minimum Gasteiger partial charge on any atom is -0.355 e. The molecule has 1 aliphatic rings. The summed E-state index contributed by atoms with van der Waals surface area (Å²) in [5.74, 6) is 0.143. The van der Waals surface area contributed by atoms with E-state index in [1.165, 1.54) is 0 Å². The lowest BCUT2D eigenvalue weighted by Gasteiger charge is -2.29. The van der Waals surface area contributed by atoms with E-state index >= 15 is 0 Å². The number of piperidine rings is 1. The van der Waals surface area contributed by atoms with E-state index in [2.05, 4.69) is 31.0 Å². The first-order valence-electron chi connectivity index (χ1n) is 6.61. The fraction of sp³-hybridized carbons (Fsp3) is 0.923. The van der Waals surface area contributed by atoms with Crippen LogP contribution in [0.5, 0.6) is 0 Å². The summed E-state index contributed by atoms with van der Waals surface area (Å²) >= 11 is 0. The zero-order valence-corrected chi connectivity index (χ0v) is 11.5. The standard InChI is InChI=1S/C13H27N3O/c1-13(2,3)6-7-15-12(17)10-16-8-4-11(14)5-9-16/h11H,4-10,14H2,1-3H3,(H,15,17). The smallest absolute Gasteiger partial charge is 0.234 e. The van der Waals surface area contributed by atoms with Crippen LogP contribution in [0.2, 0.25) is 0 Å². The van der Waals surface area contributed by atoms with Crippen molar-refractivity contribution in [2.24, 2.45) is 11.1 Å². The van der Waals surface area contributed by atoms with Crippen LogP contribution >= 0.6 is 0 Å². The van der Waals surface area contributed by atoms with Gasteiger partial charge in [0.25, 0.3) is 0 Å². The number of amides is 1. The van der Waals surface area contributed by atoms with E-state index < -0.39 is 0 Å². The number of rotatable bonds is 4. The zero-order valence-electron chi connectivity index (χ0n) is 11.5. The van der Waals surface area contributed by atoms with Crippen LogP contribution in [0.25, 0.3) is 0 Å². The molecule has 0 radical (unpaired) electrons. The van der Waals surface area contributed by atoms with Gasteiger partial charge in [-0.2, -0.15) is 0 Å². The van der Waals surface area contributed by atoms with Crippen molar-refractivity contribution in [3.63, 3.8) is 0 Å². The predicted molar refractivity (Wildman–Crippen MR) is 70.7 cm³/mol. The van der Waals surface area contributed by atoms with Gasteiger partial charge in [-0.3, -0.25) is 9.69 Å². The van der Waals surface area contributed by atoms with E-state index in [-0.39, 0.29) is 11.3 Å². The van der Waals surface area contributed by atoms with E-state index in [1.54, 1.807) is 0 Å². The highest BCUT2D eigenvalue weighted by atomic mass is 16.2. The number of nitrogens with two attached hydrogens (primary N) is 1. The van der Waals surface area contributed by atoms with Gasteiger partial charge < -0.3 is 11.1 Å². The second-order valence-corrected chi connectivity index (χ2v) is 6.27. The zero-order chi connectivity index (χ0) is 12.9. The van der Waals surface area contributed by atoms with Gasteiger partial charge in [-0.1, -0.05) is 20.8 Å². The molecule has 1 fully saturated rings. The number of nitrogens with zero attached hydrogens (tertiary/aromatic N) is 1. The van der Waals surface area contributed by atoms with Crippen LogP contribution in [-0.4, -0.2) is 43.0 Å². The molecule has 0 aromatic rings. The molecule has 0 bridgehead atoms. The van der Waals surface area contributed by atoms with Gasteiger partial charge in [0.05, 0.1) is 6.54 Å². The van der Waals surface area contributed by atoms with Crippen LogP contribution in [0.4, 0.5) is 0 Å². The molecule has 1 heterocycles. The van der Waals surface area contributed by atoms with Gasteiger partial charge in [0.15, 0.2) is 0 Å². The van der Waals surface area contributed by atoms with Crippen LogP contribution in [-0.2, 0) is 4.79 Å². The van der Waals surface area contributed by atoms with Crippen molar-refractivity contribution >= 4 is 5.91 Å². The Morgan fingerprint density at radius 2 is 1.94 bits per heavy atom. The molecule has 0 aromatic carbocycles. The first-order valence-corrected chi connectivity index (χ1v) is 6.61. The Kier molecular flexibility index (Phi) is 5.40. The molecule has 4 heteroatoms. The molecule has 0 spiro atoms. The molecule has 0 unspecified atom stereocenters. The first-order chi connectivity index (χ1) is 7.87. The van der Waals surface area contributed by atoms with Gasteiger partial charge in [0.2, 0.25) is 5.91 Å². The third-order valence-corrected chi connectivity index (χ3v) is 3.20. The minimum atomic E-state index is 0.143. The number of carbonyl (C=O) groups excluding carboxylic acids is 1. The highest BCUT2D eigenvalue weighted by Gasteiger charge is 2.18. The molecule has 0 atom stereocenters. The number of carbonyl (C=O) groups is 1. The monoisotopic (exact) mass is 241 g/mol. The number of likely N-dealkylation sites (tertiary alicyclic amines) is 1. The molecule has 4 nitrogen and oxygen atoms in total. The van der Waals surface area contributed by atoms with Gasteiger partial charge in [0, 0.05) is 25.7 Å². The SMILES string of the molecule is CC(C)(C)CCNC(=O)CN1CCC(N)CC1. The van der Waals surface area contributed by atoms with E-state index in [4.69, 9.17) is 5.73 Å². The maximum atomic E-state index is 11.7. The molecular weight excluding hydrogens is 214 g/mol. The van der Waals surface area contributed by atoms with Gasteiger partial charge in [-0.15, -0.1) is 0 Å². The lowest BCUT2D eigenvalue weighted by atomic mass is 9.92. The quantitative estimate of drug-likeness (QED) is 0.771. The lowest BCUT2D eigenvalue weighted by molar-refractivity contribution is -0.122. The second kappa shape index (κ2) is 6.36. The predicted octanol–water partition coefficient (Wildman–Crippen LogP) is 0.962. The number of hydrogen-bond donors (Lipinski definition) is 2. The highest BCUT2D eigenvalue weighted by molar-refractivity contribution is 5.77. The summed E-state index contributed by atoms with van der Waals surface area (Å²) in [6.07, 6.45) is 3.04. The minimum absolute atomic E-state index is 0.143. The summed E-state index contributed by atoms with van der Waals surface area (Å²) in [4.78, 5) is 13.9. The fourth-order valence-electron chi connectivity index (χ4n) is 1.95. The molecule has 1 rings (SSSR count). The topological polar surface area (TPSA) is 58.4 Å². The van der Waals surface area contributed by atoms with E-state index in [1.807, 2.05) is 0 Å². The van der Waals surface area contributed by atoms with Crippen LogP contribution in [0.1, 0.15) is 40.0 Å². The van der Waals surface area contributed by atoms with Crippen molar-refractivity contribution < 1.29 is 4.79 Å². The van der Waals surface area contributed by atoms with Gasteiger partial charge in [0.1, 0.15) is 0 Å². The summed E-state index contributed by atoms with van der Waals surface area (Å²) < 4.78 is 0. The Hall–Kier alpha value is -0.610. The molecule has 0 aliphatic carbocycles. The Balaban J connectivity index is 2.13. The van der Waals surface area contributed by atoms with Crippen LogP contribution in [0.3, 0.4) is 0 Å².